The molecule has 7 N–H and O–H groups in total. The molecule has 0 spiro atoms. The van der Waals surface area contributed by atoms with Gasteiger partial charge in [0.15, 0.2) is 0 Å². The fourth-order valence-corrected chi connectivity index (χ4v) is 2.34. The van der Waals surface area contributed by atoms with Crippen LogP contribution in [0.3, 0.4) is 0 Å². The molecule has 0 bridgehead atoms. The quantitative estimate of drug-likeness (QED) is 0.408. The minimum atomic E-state index is -1.19. The summed E-state index contributed by atoms with van der Waals surface area (Å²) in [5.41, 5.74) is 0.464. The van der Waals surface area contributed by atoms with Gasteiger partial charge in [0.05, 0.1) is 11.0 Å². The van der Waals surface area contributed by atoms with Gasteiger partial charge in [-0.3, -0.25) is 4.99 Å². The van der Waals surface area contributed by atoms with Gasteiger partial charge >= 0.3 is 17.1 Å². The summed E-state index contributed by atoms with van der Waals surface area (Å²) in [4.78, 5) is 14.5. The first-order chi connectivity index (χ1) is 7.18. The minimum absolute atomic E-state index is 0. The van der Waals surface area contributed by atoms with Crippen LogP contribution < -0.4 is 10.2 Å². The van der Waals surface area contributed by atoms with Crippen LogP contribution in [0, 0.1) is 0 Å². The number of hydrogen-bond acceptors (Lipinski definition) is 5. The van der Waals surface area contributed by atoms with Crippen LogP contribution in [0.1, 0.15) is 5.56 Å². The Morgan fingerprint density at radius 3 is 2.37 bits per heavy atom. The number of rotatable bonds is 2. The van der Waals surface area contributed by atoms with E-state index in [1.807, 2.05) is 0 Å². The van der Waals surface area contributed by atoms with E-state index in [1.54, 1.807) is 18.2 Å². The van der Waals surface area contributed by atoms with E-state index in [0.29, 0.717) is 16.4 Å². The van der Waals surface area contributed by atoms with Crippen LogP contribution in [-0.2, 0) is 27.3 Å². The predicted octanol–water partition coefficient (Wildman–Crippen LogP) is -3.20. The zero-order valence-electron chi connectivity index (χ0n) is 9.55. The molecule has 111 valence electrons. The first-order valence-corrected chi connectivity index (χ1v) is 5.35. The third kappa shape index (κ3) is 5.19. The number of carboxylic acid groups (broad SMARTS) is 1. The summed E-state index contributed by atoms with van der Waals surface area (Å²) in [6.45, 7) is 0. The van der Waals surface area contributed by atoms with E-state index in [0.717, 1.165) is 0 Å². The van der Waals surface area contributed by atoms with Crippen LogP contribution in [0.25, 0.3) is 0 Å². The number of carboxylic acids is 1. The minimum Gasteiger partial charge on any atom is -0.872 e. The summed E-state index contributed by atoms with van der Waals surface area (Å²) in [7, 11) is 0. The number of thioether (sulfide) groups is 1. The maximum atomic E-state index is 11.4. The van der Waals surface area contributed by atoms with Crippen LogP contribution >= 0.6 is 11.8 Å². The number of nitrogens with zero attached hydrogens (tertiary/aromatic N) is 1. The van der Waals surface area contributed by atoms with Crippen molar-refractivity contribution < 1.29 is 48.5 Å². The normalized spacial score (nSPS) is 15.8. The Labute approximate surface area is 124 Å². The molecule has 2 rings (SSSR count). The molecule has 0 aliphatic carbocycles. The van der Waals surface area contributed by atoms with Crippen LogP contribution in [0.15, 0.2) is 29.3 Å². The van der Waals surface area contributed by atoms with Gasteiger partial charge in [-0.05, 0) is 5.56 Å². The Bertz CT molecular complexity index is 442. The van der Waals surface area contributed by atoms with Crippen molar-refractivity contribution in [2.24, 2.45) is 4.99 Å². The summed E-state index contributed by atoms with van der Waals surface area (Å²) >= 11 is 1.28. The Morgan fingerprint density at radius 2 is 1.89 bits per heavy atom. The van der Waals surface area contributed by atoms with E-state index >= 15 is 0 Å². The third-order valence-corrected chi connectivity index (χ3v) is 3.12. The molecule has 0 fully saturated rings. The maximum absolute atomic E-state index is 11.4. The van der Waals surface area contributed by atoms with Crippen molar-refractivity contribution in [1.29, 1.82) is 0 Å². The van der Waals surface area contributed by atoms with Gasteiger partial charge in [-0.25, -0.2) is 0 Å². The number of aliphatic carboxylic acids is 1. The van der Waals surface area contributed by atoms with Gasteiger partial charge in [0.1, 0.15) is 6.04 Å². The molecule has 1 aromatic rings. The van der Waals surface area contributed by atoms with Crippen molar-refractivity contribution >= 4 is 22.8 Å². The molecule has 0 aromatic heterocycles. The zero-order chi connectivity index (χ0) is 10.8. The molecule has 1 aromatic carbocycles. The van der Waals surface area contributed by atoms with Crippen LogP contribution in [0.2, 0.25) is 0 Å². The first-order valence-electron chi connectivity index (χ1n) is 4.36. The second-order valence-corrected chi connectivity index (χ2v) is 4.08. The number of para-hydroxylation sites is 1. The average molecular weight is 340 g/mol. The summed E-state index contributed by atoms with van der Waals surface area (Å²) in [5, 5.41) is 22.5. The van der Waals surface area contributed by atoms with Crippen molar-refractivity contribution in [2.45, 2.75) is 6.04 Å². The van der Waals surface area contributed by atoms with Crippen LogP contribution in [0.4, 0.5) is 0 Å². The van der Waals surface area contributed by atoms with Crippen LogP contribution in [-0.4, -0.2) is 33.8 Å². The molecule has 0 unspecified atom stereocenters. The largest absolute Gasteiger partial charge is 2.00 e. The number of carbonyl (C=O) groups excluding carboxylic acids is 1. The third-order valence-electron chi connectivity index (χ3n) is 2.04. The van der Waals surface area contributed by atoms with Crippen molar-refractivity contribution in [1.82, 2.24) is 0 Å². The summed E-state index contributed by atoms with van der Waals surface area (Å²) in [6, 6.07) is 5.62. The number of aliphatic imine (C=N–C) groups is 1. The smallest absolute Gasteiger partial charge is 0.872 e. The fraction of sp³-hybridized carbons (Fsp3) is 0.200. The van der Waals surface area contributed by atoms with E-state index in [2.05, 4.69) is 4.99 Å². The molecule has 0 amide bonds. The summed E-state index contributed by atoms with van der Waals surface area (Å²) in [6.07, 6.45) is 0. The SMILES string of the molecule is O.O.O=C([O-])[C@H]1CSC(c2ccccc2[O-])=N1.[Cu+2].[OH3+]. The van der Waals surface area contributed by atoms with Gasteiger partial charge in [-0.15, -0.1) is 11.8 Å². The Balaban J connectivity index is -0.000000640. The van der Waals surface area contributed by atoms with Gasteiger partial charge < -0.3 is 31.4 Å². The van der Waals surface area contributed by atoms with E-state index < -0.39 is 12.0 Å². The van der Waals surface area contributed by atoms with Crippen LogP contribution in [0.5, 0.6) is 5.75 Å². The van der Waals surface area contributed by atoms with E-state index in [9.17, 15) is 15.0 Å². The van der Waals surface area contributed by atoms with Crippen molar-refractivity contribution in [3.8, 4) is 5.75 Å². The Hall–Kier alpha value is -1.09. The standard InChI is InChI=1S/C10H9NO3S.Cu.3H2O/c12-8-4-2-1-3-6(8)9-11-7(5-15-9)10(13)14;;;;/h1-4,7,12H,5H2,(H,13,14);;3*1H2/q;+2;;;/p-1/t7-;;;;/m1..../s1. The van der Waals surface area contributed by atoms with Crippen molar-refractivity contribution in [2.75, 3.05) is 5.75 Å². The maximum Gasteiger partial charge on any atom is 2.00 e. The van der Waals surface area contributed by atoms with Gasteiger partial charge in [0.25, 0.3) is 0 Å². The summed E-state index contributed by atoms with van der Waals surface area (Å²) < 4.78 is 0. The Kier molecular flexibility index (Phi) is 11.9. The van der Waals surface area contributed by atoms with Crippen molar-refractivity contribution in [3.05, 3.63) is 29.8 Å². The molecule has 7 nitrogen and oxygen atoms in total. The zero-order valence-corrected chi connectivity index (χ0v) is 11.3. The van der Waals surface area contributed by atoms with Gasteiger partial charge in [-0.1, -0.05) is 30.0 Å². The second-order valence-electron chi connectivity index (χ2n) is 3.08. The molecule has 0 saturated heterocycles. The topological polar surface area (TPSA) is 172 Å². The van der Waals surface area contributed by atoms with E-state index in [-0.39, 0.29) is 39.2 Å². The molecule has 1 heterocycles. The molecule has 1 atom stereocenters. The summed E-state index contributed by atoms with van der Waals surface area (Å²) in [5.74, 6) is -0.991. The number of hydrogen-bond donors (Lipinski definition) is 0. The van der Waals surface area contributed by atoms with E-state index in [1.165, 1.54) is 17.8 Å². The second kappa shape index (κ2) is 9.79. The van der Waals surface area contributed by atoms with Gasteiger partial charge in [0, 0.05) is 5.75 Å². The molecule has 19 heavy (non-hydrogen) atoms. The van der Waals surface area contributed by atoms with Gasteiger partial charge in [0.2, 0.25) is 0 Å². The van der Waals surface area contributed by atoms with Crippen molar-refractivity contribution in [3.63, 3.8) is 0 Å². The monoisotopic (exact) mass is 339 g/mol. The molecular formula is C10H14CuNO6S+. The molecular weight excluding hydrogens is 326 g/mol. The fourth-order valence-electron chi connectivity index (χ4n) is 1.29. The van der Waals surface area contributed by atoms with Gasteiger partial charge in [-0.2, -0.15) is 0 Å². The molecule has 9 heteroatoms. The first kappa shape index (κ1) is 23.0. The molecule has 1 radical (unpaired) electrons. The number of carbonyl (C=O) groups is 1. The van der Waals surface area contributed by atoms with E-state index in [4.69, 9.17) is 0 Å². The predicted molar refractivity (Wildman–Crippen MR) is 65.8 cm³/mol. The number of benzene rings is 1. The molecule has 0 saturated carbocycles. The molecule has 1 aliphatic rings. The average Bonchev–Trinajstić information content (AvgIpc) is 2.67. The Morgan fingerprint density at radius 1 is 1.32 bits per heavy atom. The molecule has 1 aliphatic heterocycles.